The second-order valence-corrected chi connectivity index (χ2v) is 24.5. The van der Waals surface area contributed by atoms with Crippen molar-refractivity contribution >= 4 is 124 Å². The summed E-state index contributed by atoms with van der Waals surface area (Å²) in [5, 5.41) is 0. The van der Waals surface area contributed by atoms with Gasteiger partial charge in [0.2, 0.25) is 0 Å². The minimum Gasteiger partial charge on any atom is -0.248 e. The SMILES string of the molecule is O=S(=O)(Cl)c1ccc(/C2=C3\C=CC(=N3)/C(c3ccc(S(=O)(=O)Cl)cc3)=C3/C=CC(=N3)/C(c3ccc(S(=O)(=O)Cl)cc3)=C3/C=CC(=N3)/C(c3ccc(S(=O)(=O)Cl)cc3)=C3/C=CC2=N3)cc1. The average Bonchev–Trinajstić information content (AvgIpc) is 4.08. The van der Waals surface area contributed by atoms with Crippen molar-refractivity contribution in [2.75, 3.05) is 0 Å². The predicted molar refractivity (Wildman–Crippen MR) is 252 cm³/mol. The summed E-state index contributed by atoms with van der Waals surface area (Å²) >= 11 is 0. The van der Waals surface area contributed by atoms with E-state index in [1.54, 1.807) is 97.1 Å². The first-order chi connectivity index (χ1) is 30.2. The molecule has 320 valence electrons. The van der Waals surface area contributed by atoms with E-state index in [1.165, 1.54) is 48.5 Å². The topological polar surface area (TPSA) is 186 Å². The normalized spacial score (nSPS) is 21.9. The van der Waals surface area contributed by atoms with Crippen LogP contribution in [0.15, 0.2) is 208 Å². The van der Waals surface area contributed by atoms with Crippen LogP contribution in [0.4, 0.5) is 0 Å². The number of halogens is 4. The molecule has 0 saturated heterocycles. The molecular weight excluding hydrogens is 983 g/mol. The van der Waals surface area contributed by atoms with Gasteiger partial charge in [0.15, 0.2) is 0 Å². The van der Waals surface area contributed by atoms with Crippen LogP contribution in [0.1, 0.15) is 22.3 Å². The van der Waals surface area contributed by atoms with E-state index in [4.69, 9.17) is 62.7 Å². The third kappa shape index (κ3) is 8.55. The molecule has 20 heteroatoms. The lowest BCUT2D eigenvalue weighted by atomic mass is 9.98. The Bertz CT molecular complexity index is 3150. The fourth-order valence-electron chi connectivity index (χ4n) is 7.41. The lowest BCUT2D eigenvalue weighted by Gasteiger charge is -2.13. The highest BCUT2D eigenvalue weighted by Crippen LogP contribution is 2.39. The van der Waals surface area contributed by atoms with Gasteiger partial charge in [0.1, 0.15) is 0 Å². The molecule has 4 aromatic carbocycles. The minimum atomic E-state index is -4.07. The van der Waals surface area contributed by atoms with Crippen LogP contribution in [-0.2, 0) is 36.2 Å². The molecule has 0 aromatic heterocycles. The molecule has 0 N–H and O–H groups in total. The second kappa shape index (κ2) is 16.2. The van der Waals surface area contributed by atoms with Crippen LogP contribution < -0.4 is 0 Å². The number of benzene rings is 4. The highest BCUT2D eigenvalue weighted by atomic mass is 35.7. The zero-order valence-corrected chi connectivity index (χ0v) is 38.3. The molecule has 5 aliphatic heterocycles. The monoisotopic (exact) mass is 1000 g/mol. The summed E-state index contributed by atoms with van der Waals surface area (Å²) in [7, 11) is 6.45. The fourth-order valence-corrected chi connectivity index (χ4v) is 10.5. The molecule has 5 aliphatic rings. The number of hydrogen-bond acceptors (Lipinski definition) is 12. The maximum absolute atomic E-state index is 12.2. The number of nitrogens with zero attached hydrogens (tertiary/aromatic N) is 4. The van der Waals surface area contributed by atoms with Crippen molar-refractivity contribution in [1.29, 1.82) is 0 Å². The molecule has 0 atom stereocenters. The molecular formula is C44H24Cl4N4O8S4. The summed E-state index contributed by atoms with van der Waals surface area (Å²) in [6, 6.07) is 23.6. The third-order valence-electron chi connectivity index (χ3n) is 10.3. The Morgan fingerprint density at radius 3 is 0.594 bits per heavy atom. The quantitative estimate of drug-likeness (QED) is 0.156. The van der Waals surface area contributed by atoms with Crippen molar-refractivity contribution in [3.05, 3.63) is 191 Å². The first kappa shape index (κ1) is 43.7. The number of rotatable bonds is 8. The molecule has 0 radical (unpaired) electrons. The van der Waals surface area contributed by atoms with Crippen molar-refractivity contribution in [3.63, 3.8) is 0 Å². The molecule has 5 heterocycles. The standard InChI is InChI=1S/C44H24Cl4N4O8S4/c45-61(53,54)29-9-1-25(2-10-29)41-33-17-19-35(49-33)42(26-3-11-30(12-4-26)62(46,55)56)37-21-23-39(51-37)44(28-7-15-32(16-8-28)64(48,59)60)40-24-22-38(52-40)43(36-20-18-34(41)50-36)27-5-13-31(14-6-27)63(47,57)58/h1-24H/b41-33-,41-34?,42-35?,42-37-,43-36-,43-38?,44-39?,44-40-. The van der Waals surface area contributed by atoms with Gasteiger partial charge >= 0.3 is 0 Å². The lowest BCUT2D eigenvalue weighted by molar-refractivity contribution is 0.608. The molecule has 0 unspecified atom stereocenters. The largest absolute Gasteiger partial charge is 0.261 e. The Morgan fingerprint density at radius 2 is 0.438 bits per heavy atom. The third-order valence-corrected chi connectivity index (χ3v) is 15.8. The minimum absolute atomic E-state index is 0.123. The van der Waals surface area contributed by atoms with Crippen LogP contribution in [0, 0.1) is 0 Å². The Labute approximate surface area is 385 Å². The van der Waals surface area contributed by atoms with E-state index in [1.807, 2.05) is 0 Å². The molecule has 0 spiro atoms. The summed E-state index contributed by atoms with van der Waals surface area (Å²) in [4.78, 5) is 19.9. The number of aliphatic imine (C=N–C) groups is 4. The van der Waals surface area contributed by atoms with Crippen molar-refractivity contribution in [2.45, 2.75) is 19.6 Å². The van der Waals surface area contributed by atoms with Gasteiger partial charge in [-0.1, -0.05) is 48.5 Å². The molecule has 64 heavy (non-hydrogen) atoms. The number of hydrogen-bond donors (Lipinski definition) is 0. The van der Waals surface area contributed by atoms with Crippen molar-refractivity contribution in [2.24, 2.45) is 20.0 Å². The van der Waals surface area contributed by atoms with Gasteiger partial charge < -0.3 is 0 Å². The Kier molecular flexibility index (Phi) is 11.0. The lowest BCUT2D eigenvalue weighted by Crippen LogP contribution is -2.04. The predicted octanol–water partition coefficient (Wildman–Crippen LogP) is 9.40. The molecule has 0 amide bonds. The van der Waals surface area contributed by atoms with E-state index in [0.717, 1.165) is 0 Å². The summed E-state index contributed by atoms with van der Waals surface area (Å²) in [5.41, 5.74) is 7.51. The van der Waals surface area contributed by atoms with E-state index in [-0.39, 0.29) is 19.6 Å². The Morgan fingerprint density at radius 1 is 0.266 bits per heavy atom. The van der Waals surface area contributed by atoms with Gasteiger partial charge in [0.25, 0.3) is 36.2 Å². The Hall–Kier alpha value is -5.56. The number of allylic oxidation sites excluding steroid dienone is 12. The first-order valence-corrected chi connectivity index (χ1v) is 27.7. The van der Waals surface area contributed by atoms with E-state index in [9.17, 15) is 33.7 Å². The van der Waals surface area contributed by atoms with Crippen molar-refractivity contribution in [3.8, 4) is 0 Å². The zero-order chi connectivity index (χ0) is 45.3. The zero-order valence-electron chi connectivity index (χ0n) is 32.1. The van der Waals surface area contributed by atoms with Crippen LogP contribution in [0.3, 0.4) is 0 Å². The van der Waals surface area contributed by atoms with E-state index >= 15 is 0 Å². The van der Waals surface area contributed by atoms with E-state index in [0.29, 0.717) is 90.2 Å². The van der Waals surface area contributed by atoms with Gasteiger partial charge in [0.05, 0.1) is 65.2 Å². The van der Waals surface area contributed by atoms with Gasteiger partial charge in [-0.05, 0) is 119 Å². The van der Waals surface area contributed by atoms with Crippen molar-refractivity contribution in [1.82, 2.24) is 0 Å². The van der Waals surface area contributed by atoms with Crippen LogP contribution in [0.25, 0.3) is 22.3 Å². The van der Waals surface area contributed by atoms with Crippen LogP contribution in [-0.4, -0.2) is 56.5 Å². The van der Waals surface area contributed by atoms with E-state index in [2.05, 4.69) is 0 Å². The van der Waals surface area contributed by atoms with Gasteiger partial charge in [-0.25, -0.2) is 53.6 Å². The molecule has 0 fully saturated rings. The van der Waals surface area contributed by atoms with Gasteiger partial charge in [-0.3, -0.25) is 0 Å². The second-order valence-electron chi connectivity index (χ2n) is 14.2. The summed E-state index contributed by atoms with van der Waals surface area (Å²) in [6.45, 7) is 0. The fraction of sp³-hybridized carbons (Fsp3) is 0. The van der Waals surface area contributed by atoms with Crippen LogP contribution in [0.2, 0.25) is 0 Å². The van der Waals surface area contributed by atoms with Gasteiger partial charge in [-0.15, -0.1) is 0 Å². The summed E-state index contributed by atoms with van der Waals surface area (Å²) in [5.74, 6) is 0. The van der Waals surface area contributed by atoms with Crippen molar-refractivity contribution < 1.29 is 33.7 Å². The molecule has 12 nitrogen and oxygen atoms in total. The smallest absolute Gasteiger partial charge is 0.248 e. The first-order valence-electron chi connectivity index (χ1n) is 18.5. The highest BCUT2D eigenvalue weighted by Gasteiger charge is 2.29. The molecule has 0 aliphatic carbocycles. The highest BCUT2D eigenvalue weighted by molar-refractivity contribution is 8.14. The molecule has 4 aromatic rings. The number of fused-ring (bicyclic) bond motifs is 4. The molecule has 9 rings (SSSR count). The van der Waals surface area contributed by atoms with Crippen LogP contribution in [0.5, 0.6) is 0 Å². The Balaban J connectivity index is 1.35. The van der Waals surface area contributed by atoms with Gasteiger partial charge in [0, 0.05) is 65.0 Å². The summed E-state index contributed by atoms with van der Waals surface area (Å²) in [6.07, 6.45) is 14.1. The van der Waals surface area contributed by atoms with Gasteiger partial charge in [-0.2, -0.15) is 0 Å². The maximum Gasteiger partial charge on any atom is 0.261 e. The maximum atomic E-state index is 12.2. The summed E-state index contributed by atoms with van der Waals surface area (Å²) < 4.78 is 97.9. The van der Waals surface area contributed by atoms with Crippen LogP contribution >= 0.6 is 42.7 Å². The van der Waals surface area contributed by atoms with E-state index < -0.39 is 36.2 Å². The molecule has 0 saturated carbocycles. The molecule has 8 bridgehead atoms. The average molecular weight is 1010 g/mol.